The van der Waals surface area contributed by atoms with Gasteiger partial charge in [-0.15, -0.1) is 0 Å². The molecule has 0 fully saturated rings. The van der Waals surface area contributed by atoms with Crippen LogP contribution in [0, 0.1) is 0 Å². The highest BCUT2D eigenvalue weighted by Crippen LogP contribution is 2.33. The zero-order chi connectivity index (χ0) is 18.5. The van der Waals surface area contributed by atoms with Crippen molar-refractivity contribution in [1.82, 2.24) is 0 Å². The monoisotopic (exact) mass is 360 g/mol. The van der Waals surface area contributed by atoms with E-state index in [4.69, 9.17) is 0 Å². The lowest BCUT2D eigenvalue weighted by Gasteiger charge is -2.20. The Hall–Kier alpha value is -2.90. The fourth-order valence-electron chi connectivity index (χ4n) is 2.79. The number of Topliss-reactive ketones (excluding diaryl/α,β-unsaturated/α-hetero) is 1. The van der Waals surface area contributed by atoms with Crippen LogP contribution in [0.4, 0.5) is 0 Å². The topological polar surface area (TPSA) is 51.2 Å². The summed E-state index contributed by atoms with van der Waals surface area (Å²) in [5.74, 6) is 0.00471. The van der Waals surface area contributed by atoms with Crippen LogP contribution in [0.15, 0.2) is 72.8 Å². The van der Waals surface area contributed by atoms with Crippen LogP contribution in [0.1, 0.15) is 38.0 Å². The standard InChI is InChI=1S/C22H17O3P/c1-16(25)19-7-4-10-22(13-19)26(20-8-2-5-17(11-20)14-23)21-9-3-6-18(12-21)15-24/h2-15H,1H3. The third kappa shape index (κ3) is 3.84. The summed E-state index contributed by atoms with van der Waals surface area (Å²) in [5, 5.41) is 2.99. The molecule has 0 amide bonds. The average Bonchev–Trinajstić information content (AvgIpc) is 2.69. The summed E-state index contributed by atoms with van der Waals surface area (Å²) in [7, 11) is -1.00. The molecule has 0 aromatic heterocycles. The van der Waals surface area contributed by atoms with E-state index in [0.717, 1.165) is 28.5 Å². The summed E-state index contributed by atoms with van der Waals surface area (Å²) in [6.07, 6.45) is 1.65. The molecule has 0 saturated carbocycles. The minimum Gasteiger partial charge on any atom is -0.298 e. The molecule has 0 spiro atoms. The zero-order valence-corrected chi connectivity index (χ0v) is 15.1. The SMILES string of the molecule is CC(=O)c1cccc(P(c2cccc(C=O)c2)c2cccc(C=O)c2)c1. The second-order valence-corrected chi connectivity index (χ2v) is 8.09. The summed E-state index contributed by atoms with van der Waals surface area (Å²) in [5.41, 5.74) is 1.85. The van der Waals surface area contributed by atoms with Crippen molar-refractivity contribution in [3.05, 3.63) is 89.5 Å². The number of aldehydes is 2. The molecule has 3 aromatic rings. The molecule has 3 aromatic carbocycles. The number of hydrogen-bond acceptors (Lipinski definition) is 3. The Bertz CT molecular complexity index is 927. The van der Waals surface area contributed by atoms with E-state index in [0.29, 0.717) is 16.7 Å². The van der Waals surface area contributed by atoms with Gasteiger partial charge in [-0.3, -0.25) is 14.4 Å². The van der Waals surface area contributed by atoms with Crippen LogP contribution in [0.2, 0.25) is 0 Å². The number of carbonyl (C=O) groups excluding carboxylic acids is 3. The maximum atomic E-state index is 11.8. The molecule has 3 rings (SSSR count). The van der Waals surface area contributed by atoms with Crippen molar-refractivity contribution in [1.29, 1.82) is 0 Å². The fraction of sp³-hybridized carbons (Fsp3) is 0.0455. The van der Waals surface area contributed by atoms with Crippen LogP contribution in [-0.2, 0) is 0 Å². The van der Waals surface area contributed by atoms with E-state index in [1.165, 1.54) is 0 Å². The number of hydrogen-bond donors (Lipinski definition) is 0. The molecular formula is C22H17O3P. The quantitative estimate of drug-likeness (QED) is 0.385. The predicted molar refractivity (Wildman–Crippen MR) is 106 cm³/mol. The molecule has 0 aliphatic rings. The Labute approximate surface area is 153 Å². The molecule has 0 aliphatic heterocycles. The third-order valence-corrected chi connectivity index (χ3v) is 6.42. The minimum absolute atomic E-state index is 0.00471. The first kappa shape index (κ1) is 17.9. The molecule has 0 atom stereocenters. The molecule has 0 heterocycles. The normalized spacial score (nSPS) is 10.5. The summed E-state index contributed by atoms with van der Waals surface area (Å²) in [6, 6.07) is 22.5. The van der Waals surface area contributed by atoms with Crippen molar-refractivity contribution in [2.75, 3.05) is 0 Å². The van der Waals surface area contributed by atoms with Crippen molar-refractivity contribution in [3.8, 4) is 0 Å². The van der Waals surface area contributed by atoms with E-state index in [9.17, 15) is 14.4 Å². The Morgan fingerprint density at radius 3 is 1.65 bits per heavy atom. The van der Waals surface area contributed by atoms with Gasteiger partial charge >= 0.3 is 0 Å². The molecule has 0 bridgehead atoms. The van der Waals surface area contributed by atoms with Gasteiger partial charge in [-0.25, -0.2) is 0 Å². The average molecular weight is 360 g/mol. The zero-order valence-electron chi connectivity index (χ0n) is 14.3. The van der Waals surface area contributed by atoms with Crippen molar-refractivity contribution < 1.29 is 14.4 Å². The van der Waals surface area contributed by atoms with E-state index < -0.39 is 7.92 Å². The van der Waals surface area contributed by atoms with E-state index in [1.54, 1.807) is 25.1 Å². The number of rotatable bonds is 6. The molecule has 0 N–H and O–H groups in total. The van der Waals surface area contributed by atoms with Gasteiger partial charge in [-0.2, -0.15) is 0 Å². The number of carbonyl (C=O) groups is 3. The largest absolute Gasteiger partial charge is 0.298 e. The van der Waals surface area contributed by atoms with Gasteiger partial charge in [0.25, 0.3) is 0 Å². The van der Waals surface area contributed by atoms with Crippen molar-refractivity contribution in [3.63, 3.8) is 0 Å². The van der Waals surface area contributed by atoms with Gasteiger partial charge in [0.1, 0.15) is 12.6 Å². The molecule has 0 aliphatic carbocycles. The minimum atomic E-state index is -1.00. The summed E-state index contributed by atoms with van der Waals surface area (Å²) in [4.78, 5) is 34.2. The lowest BCUT2D eigenvalue weighted by Crippen LogP contribution is -2.22. The number of benzene rings is 3. The van der Waals surface area contributed by atoms with Crippen LogP contribution >= 0.6 is 7.92 Å². The first-order chi connectivity index (χ1) is 12.6. The smallest absolute Gasteiger partial charge is 0.159 e. The van der Waals surface area contributed by atoms with Crippen LogP contribution in [0.5, 0.6) is 0 Å². The van der Waals surface area contributed by atoms with Crippen molar-refractivity contribution in [2.24, 2.45) is 0 Å². The van der Waals surface area contributed by atoms with E-state index in [-0.39, 0.29) is 5.78 Å². The molecule has 0 saturated heterocycles. The van der Waals surface area contributed by atoms with Crippen LogP contribution in [0.25, 0.3) is 0 Å². The molecule has 0 radical (unpaired) electrons. The molecule has 0 unspecified atom stereocenters. The number of ketones is 1. The first-order valence-corrected chi connectivity index (χ1v) is 9.48. The molecule has 3 nitrogen and oxygen atoms in total. The second-order valence-electron chi connectivity index (χ2n) is 5.87. The molecule has 26 heavy (non-hydrogen) atoms. The van der Waals surface area contributed by atoms with Crippen molar-refractivity contribution in [2.45, 2.75) is 6.92 Å². The third-order valence-electron chi connectivity index (χ3n) is 4.04. The van der Waals surface area contributed by atoms with E-state index >= 15 is 0 Å². The van der Waals surface area contributed by atoms with E-state index in [1.807, 2.05) is 54.6 Å². The van der Waals surface area contributed by atoms with Crippen LogP contribution in [0.3, 0.4) is 0 Å². The van der Waals surface area contributed by atoms with Crippen LogP contribution in [-0.4, -0.2) is 18.4 Å². The Kier molecular flexibility index (Phi) is 5.50. The van der Waals surface area contributed by atoms with Gasteiger partial charge in [0, 0.05) is 16.7 Å². The lowest BCUT2D eigenvalue weighted by atomic mass is 10.2. The lowest BCUT2D eigenvalue weighted by molar-refractivity contribution is 0.101. The fourth-order valence-corrected chi connectivity index (χ4v) is 5.21. The van der Waals surface area contributed by atoms with Gasteiger partial charge in [0.15, 0.2) is 5.78 Å². The molecular weight excluding hydrogens is 343 g/mol. The van der Waals surface area contributed by atoms with Gasteiger partial charge in [0.05, 0.1) is 0 Å². The maximum Gasteiger partial charge on any atom is 0.159 e. The maximum absolute atomic E-state index is 11.8. The van der Waals surface area contributed by atoms with Gasteiger partial charge < -0.3 is 0 Å². The van der Waals surface area contributed by atoms with Gasteiger partial charge in [-0.1, -0.05) is 54.6 Å². The summed E-state index contributed by atoms with van der Waals surface area (Å²) >= 11 is 0. The Balaban J connectivity index is 2.21. The van der Waals surface area contributed by atoms with Crippen LogP contribution < -0.4 is 15.9 Å². The highest BCUT2D eigenvalue weighted by atomic mass is 31.1. The summed E-state index contributed by atoms with van der Waals surface area (Å²) < 4.78 is 0. The Morgan fingerprint density at radius 1 is 0.731 bits per heavy atom. The summed E-state index contributed by atoms with van der Waals surface area (Å²) in [6.45, 7) is 1.54. The van der Waals surface area contributed by atoms with E-state index in [2.05, 4.69) is 0 Å². The van der Waals surface area contributed by atoms with Gasteiger partial charge in [0.2, 0.25) is 0 Å². The highest BCUT2D eigenvalue weighted by Gasteiger charge is 2.18. The Morgan fingerprint density at radius 2 is 1.19 bits per heavy atom. The molecule has 128 valence electrons. The van der Waals surface area contributed by atoms with Gasteiger partial charge in [-0.05, 0) is 49.0 Å². The van der Waals surface area contributed by atoms with Crippen molar-refractivity contribution >= 4 is 42.2 Å². The molecule has 4 heteroatoms. The second kappa shape index (κ2) is 7.99. The first-order valence-electron chi connectivity index (χ1n) is 8.14. The predicted octanol–water partition coefficient (Wildman–Crippen LogP) is 3.27. The highest BCUT2D eigenvalue weighted by molar-refractivity contribution is 7.79.